The first-order chi connectivity index (χ1) is 10.7. The second kappa shape index (κ2) is 8.55. The van der Waals surface area contributed by atoms with Crippen LogP contribution in [0.25, 0.3) is 0 Å². The van der Waals surface area contributed by atoms with Gasteiger partial charge in [0.25, 0.3) is 0 Å². The third kappa shape index (κ3) is 5.16. The smallest absolute Gasteiger partial charge is 0.319 e. The van der Waals surface area contributed by atoms with Crippen molar-refractivity contribution < 1.29 is 23.4 Å². The van der Waals surface area contributed by atoms with Crippen molar-refractivity contribution >= 4 is 11.7 Å². The number of carbonyl (C=O) groups excluding carboxylic acids is 1. The van der Waals surface area contributed by atoms with Crippen LogP contribution in [-0.4, -0.2) is 45.6 Å². The molecule has 0 bridgehead atoms. The van der Waals surface area contributed by atoms with Gasteiger partial charge in [0, 0.05) is 26.3 Å². The number of halogens is 1. The third-order valence-corrected chi connectivity index (χ3v) is 3.23. The van der Waals surface area contributed by atoms with Crippen molar-refractivity contribution in [2.45, 2.75) is 18.9 Å². The Morgan fingerprint density at radius 1 is 1.50 bits per heavy atom. The maximum atomic E-state index is 13.4. The van der Waals surface area contributed by atoms with Gasteiger partial charge in [-0.25, -0.2) is 9.18 Å². The molecular weight excluding hydrogens is 291 g/mol. The number of hydrogen-bond acceptors (Lipinski definition) is 4. The van der Waals surface area contributed by atoms with Gasteiger partial charge < -0.3 is 24.8 Å². The Hall–Kier alpha value is -1.86. The molecule has 2 N–H and O–H groups in total. The van der Waals surface area contributed by atoms with Crippen LogP contribution in [0.2, 0.25) is 0 Å². The van der Waals surface area contributed by atoms with Crippen LogP contribution in [-0.2, 0) is 9.47 Å². The molecule has 0 unspecified atom stereocenters. The van der Waals surface area contributed by atoms with E-state index in [0.29, 0.717) is 25.5 Å². The average molecular weight is 312 g/mol. The average Bonchev–Trinajstić information content (AvgIpc) is 3.00. The summed E-state index contributed by atoms with van der Waals surface area (Å²) in [5.41, 5.74) is 0.285. The zero-order valence-corrected chi connectivity index (χ0v) is 12.6. The van der Waals surface area contributed by atoms with Crippen molar-refractivity contribution in [3.8, 4) is 5.75 Å². The van der Waals surface area contributed by atoms with Crippen molar-refractivity contribution in [2.24, 2.45) is 0 Å². The molecule has 2 rings (SSSR count). The Labute approximate surface area is 128 Å². The van der Waals surface area contributed by atoms with E-state index in [-0.39, 0.29) is 11.8 Å². The molecule has 1 saturated heterocycles. The third-order valence-electron chi connectivity index (χ3n) is 3.23. The topological polar surface area (TPSA) is 68.8 Å². The molecule has 6 nitrogen and oxygen atoms in total. The molecule has 122 valence electrons. The Bertz CT molecular complexity index is 492. The summed E-state index contributed by atoms with van der Waals surface area (Å²) in [6.07, 6.45) is 2.01. The van der Waals surface area contributed by atoms with Crippen molar-refractivity contribution in [3.63, 3.8) is 0 Å². The first-order valence-corrected chi connectivity index (χ1v) is 7.27. The molecule has 22 heavy (non-hydrogen) atoms. The minimum atomic E-state index is -0.448. The molecule has 0 aromatic heterocycles. The molecule has 2 amide bonds. The highest BCUT2D eigenvalue weighted by atomic mass is 19.1. The van der Waals surface area contributed by atoms with Crippen LogP contribution in [0.3, 0.4) is 0 Å². The normalized spacial score (nSPS) is 17.3. The Morgan fingerprint density at radius 2 is 2.36 bits per heavy atom. The monoisotopic (exact) mass is 312 g/mol. The van der Waals surface area contributed by atoms with Gasteiger partial charge >= 0.3 is 6.03 Å². The van der Waals surface area contributed by atoms with E-state index in [1.165, 1.54) is 18.2 Å². The number of ether oxygens (including phenoxy) is 3. The number of hydrogen-bond donors (Lipinski definition) is 2. The first-order valence-electron chi connectivity index (χ1n) is 7.27. The van der Waals surface area contributed by atoms with Crippen LogP contribution >= 0.6 is 0 Å². The minimum Gasteiger partial charge on any atom is -0.489 e. The van der Waals surface area contributed by atoms with Crippen LogP contribution in [0.15, 0.2) is 18.2 Å². The molecule has 0 saturated carbocycles. The van der Waals surface area contributed by atoms with E-state index in [9.17, 15) is 9.18 Å². The number of urea groups is 1. The Morgan fingerprint density at radius 3 is 3.09 bits per heavy atom. The first kappa shape index (κ1) is 16.5. The number of anilines is 1. The summed E-state index contributed by atoms with van der Waals surface area (Å²) in [7, 11) is 1.54. The minimum absolute atomic E-state index is 0.0495. The van der Waals surface area contributed by atoms with E-state index < -0.39 is 11.8 Å². The summed E-state index contributed by atoms with van der Waals surface area (Å²) < 4.78 is 29.3. The van der Waals surface area contributed by atoms with Crippen LogP contribution < -0.4 is 15.4 Å². The van der Waals surface area contributed by atoms with E-state index in [1.54, 1.807) is 7.11 Å². The van der Waals surface area contributed by atoms with Gasteiger partial charge in [-0.15, -0.1) is 0 Å². The van der Waals surface area contributed by atoms with Gasteiger partial charge in [-0.3, -0.25) is 0 Å². The predicted molar refractivity (Wildman–Crippen MR) is 79.8 cm³/mol. The molecule has 0 aliphatic carbocycles. The van der Waals surface area contributed by atoms with Crippen LogP contribution in [0.4, 0.5) is 14.9 Å². The van der Waals surface area contributed by atoms with Crippen molar-refractivity contribution in [1.82, 2.24) is 5.32 Å². The highest BCUT2D eigenvalue weighted by molar-refractivity contribution is 5.90. The Kier molecular flexibility index (Phi) is 6.42. The van der Waals surface area contributed by atoms with E-state index in [1.807, 2.05) is 0 Å². The number of carbonyl (C=O) groups is 1. The fourth-order valence-corrected chi connectivity index (χ4v) is 2.12. The van der Waals surface area contributed by atoms with E-state index >= 15 is 0 Å². The van der Waals surface area contributed by atoms with E-state index in [2.05, 4.69) is 10.6 Å². The Balaban J connectivity index is 1.92. The molecule has 1 fully saturated rings. The highest BCUT2D eigenvalue weighted by Gasteiger charge is 2.17. The highest BCUT2D eigenvalue weighted by Crippen LogP contribution is 2.26. The van der Waals surface area contributed by atoms with Crippen LogP contribution in [0, 0.1) is 5.82 Å². The molecule has 1 aromatic carbocycles. The molecule has 0 spiro atoms. The second-order valence-electron chi connectivity index (χ2n) is 4.96. The molecule has 1 heterocycles. The lowest BCUT2D eigenvalue weighted by Gasteiger charge is -2.15. The van der Waals surface area contributed by atoms with Crippen LogP contribution in [0.5, 0.6) is 5.75 Å². The number of nitrogens with one attached hydrogen (secondary N) is 2. The van der Waals surface area contributed by atoms with Crippen molar-refractivity contribution in [1.29, 1.82) is 0 Å². The zero-order chi connectivity index (χ0) is 15.8. The lowest BCUT2D eigenvalue weighted by atomic mass is 10.2. The molecule has 1 aliphatic heterocycles. The summed E-state index contributed by atoms with van der Waals surface area (Å²) in [4.78, 5) is 11.7. The van der Waals surface area contributed by atoms with Gasteiger partial charge in [-0.1, -0.05) is 0 Å². The van der Waals surface area contributed by atoms with Gasteiger partial charge in [0.1, 0.15) is 18.2 Å². The summed E-state index contributed by atoms with van der Waals surface area (Å²) in [6.45, 7) is 1.89. The molecule has 1 aliphatic rings. The fraction of sp³-hybridized carbons (Fsp3) is 0.533. The summed E-state index contributed by atoms with van der Waals surface area (Å²) in [5.74, 6) is -0.0320. The summed E-state index contributed by atoms with van der Waals surface area (Å²) in [6, 6.07) is 3.57. The lowest BCUT2D eigenvalue weighted by Crippen LogP contribution is -2.31. The lowest BCUT2D eigenvalue weighted by molar-refractivity contribution is 0.0682. The fourth-order valence-electron chi connectivity index (χ4n) is 2.12. The SMILES string of the molecule is COCCNC(=O)Nc1cc(F)ccc1OC[C@@H]1CCCO1. The van der Waals surface area contributed by atoms with Gasteiger partial charge in [0.05, 0.1) is 18.4 Å². The molecule has 7 heteroatoms. The van der Waals surface area contributed by atoms with Gasteiger partial charge in [0.2, 0.25) is 0 Å². The molecule has 0 radical (unpaired) electrons. The second-order valence-corrected chi connectivity index (χ2v) is 4.96. The van der Waals surface area contributed by atoms with Gasteiger partial charge in [0.15, 0.2) is 0 Å². The maximum absolute atomic E-state index is 13.4. The van der Waals surface area contributed by atoms with E-state index in [4.69, 9.17) is 14.2 Å². The van der Waals surface area contributed by atoms with Crippen molar-refractivity contribution in [3.05, 3.63) is 24.0 Å². The molecule has 1 atom stereocenters. The zero-order valence-electron chi connectivity index (χ0n) is 12.6. The largest absolute Gasteiger partial charge is 0.489 e. The summed E-state index contributed by atoms with van der Waals surface area (Å²) in [5, 5.41) is 5.17. The molecular formula is C15H21FN2O4. The standard InChI is InChI=1S/C15H21FN2O4/c1-20-8-6-17-15(19)18-13-9-11(16)4-5-14(13)22-10-12-3-2-7-21-12/h4-5,9,12H,2-3,6-8,10H2,1H3,(H2,17,18,19)/t12-/m0/s1. The van der Waals surface area contributed by atoms with Gasteiger partial charge in [-0.2, -0.15) is 0 Å². The number of amides is 2. The number of benzene rings is 1. The predicted octanol–water partition coefficient (Wildman–Crippen LogP) is 2.15. The summed E-state index contributed by atoms with van der Waals surface area (Å²) >= 11 is 0. The van der Waals surface area contributed by atoms with Crippen molar-refractivity contribution in [2.75, 3.05) is 38.8 Å². The maximum Gasteiger partial charge on any atom is 0.319 e. The quantitative estimate of drug-likeness (QED) is 0.757. The van der Waals surface area contributed by atoms with Gasteiger partial charge in [-0.05, 0) is 25.0 Å². The molecule has 1 aromatic rings. The number of rotatable bonds is 7. The number of methoxy groups -OCH3 is 1. The van der Waals surface area contributed by atoms with Crippen LogP contribution in [0.1, 0.15) is 12.8 Å². The van der Waals surface area contributed by atoms with E-state index in [0.717, 1.165) is 19.4 Å².